The Balaban J connectivity index is 1.25. The second kappa shape index (κ2) is 15.8. The highest BCUT2D eigenvalue weighted by Gasteiger charge is 2.48. The molecule has 292 valence electrons. The van der Waals surface area contributed by atoms with E-state index in [2.05, 4.69) is 0 Å². The van der Waals surface area contributed by atoms with Gasteiger partial charge in [0.2, 0.25) is 23.2 Å². The average Bonchev–Trinajstić information content (AvgIpc) is 3.14. The van der Waals surface area contributed by atoms with Gasteiger partial charge in [0.05, 0.1) is 33.5 Å². The molecule has 2 aliphatic heterocycles. The molecule has 0 saturated carbocycles. The van der Waals surface area contributed by atoms with Crippen LogP contribution in [0.15, 0.2) is 57.7 Å². The smallest absolute Gasteiger partial charge is 0.239 e. The van der Waals surface area contributed by atoms with Gasteiger partial charge in [0, 0.05) is 17.7 Å². The number of phenolic OH excluding ortho intramolecular Hbond substituents is 4. The van der Waals surface area contributed by atoms with Crippen molar-refractivity contribution in [2.75, 3.05) is 20.8 Å². The lowest BCUT2D eigenvalue weighted by Crippen LogP contribution is -2.62. The summed E-state index contributed by atoms with van der Waals surface area (Å²) in [5, 5.41) is 94.4. The molecule has 0 spiro atoms. The summed E-state index contributed by atoms with van der Waals surface area (Å²) < 4.78 is 45.5. The van der Waals surface area contributed by atoms with Crippen LogP contribution in [-0.4, -0.2) is 128 Å². The lowest BCUT2D eigenvalue weighted by Gasteiger charge is -2.43. The van der Waals surface area contributed by atoms with Crippen LogP contribution < -0.4 is 19.6 Å². The number of aliphatic hydroxyl groups is 5. The largest absolute Gasteiger partial charge is 0.508 e. The second-order valence-electron chi connectivity index (χ2n) is 12.8. The fourth-order valence-corrected chi connectivity index (χ4v) is 6.17. The molecule has 2 aliphatic rings. The highest BCUT2D eigenvalue weighted by atomic mass is 16.7. The van der Waals surface area contributed by atoms with Crippen LogP contribution >= 0.6 is 0 Å². The van der Waals surface area contributed by atoms with Gasteiger partial charge in [-0.3, -0.25) is 4.79 Å². The molecule has 0 unspecified atom stereocenters. The van der Waals surface area contributed by atoms with E-state index in [1.807, 2.05) is 0 Å². The van der Waals surface area contributed by atoms with E-state index in [1.54, 1.807) is 0 Å². The van der Waals surface area contributed by atoms with Gasteiger partial charge in [0.1, 0.15) is 70.9 Å². The standard InChI is InChI=1S/C36H40O18/c1-14-25(40)30(45)34(49-12-15-8-21(47-2)26(41)22(9-15)48-3)36(51-14)50-13-23-27(42)29(44)31(46)35(53-23)54-33-28(43)24-19(39)10-18(38)11-20(24)52-32(33)16-4-6-17(37)7-5-16/h4-11,14,23,25,27,29-31,34-42,44-46H,12-13H2,1-3H3/t14-,23+,25-,27-,29-,30+,31+,34+,35-,36+/m0/s1. The predicted octanol–water partition coefficient (Wildman–Crippen LogP) is 0.555. The molecule has 0 amide bonds. The number of hydrogen-bond acceptors (Lipinski definition) is 18. The third-order valence-electron chi connectivity index (χ3n) is 9.14. The summed E-state index contributed by atoms with van der Waals surface area (Å²) in [7, 11) is 2.69. The summed E-state index contributed by atoms with van der Waals surface area (Å²) in [4.78, 5) is 13.8. The number of aromatic hydroxyl groups is 4. The third kappa shape index (κ3) is 7.56. The second-order valence-corrected chi connectivity index (χ2v) is 12.8. The number of rotatable bonds is 11. The molecule has 0 bridgehead atoms. The van der Waals surface area contributed by atoms with Crippen LogP contribution in [0, 0.1) is 0 Å². The van der Waals surface area contributed by atoms with Crippen molar-refractivity contribution in [3.05, 3.63) is 64.3 Å². The van der Waals surface area contributed by atoms with E-state index in [9.17, 15) is 50.8 Å². The van der Waals surface area contributed by atoms with Crippen LogP contribution in [0.25, 0.3) is 22.3 Å². The average molecular weight is 761 g/mol. The zero-order chi connectivity index (χ0) is 39.0. The van der Waals surface area contributed by atoms with Gasteiger partial charge in [-0.25, -0.2) is 0 Å². The molecule has 0 aliphatic carbocycles. The maximum atomic E-state index is 13.8. The zero-order valence-corrected chi connectivity index (χ0v) is 29.0. The molecule has 3 heterocycles. The van der Waals surface area contributed by atoms with E-state index in [0.29, 0.717) is 5.56 Å². The van der Waals surface area contributed by atoms with Crippen molar-refractivity contribution < 1.29 is 83.5 Å². The van der Waals surface area contributed by atoms with E-state index >= 15 is 0 Å². The van der Waals surface area contributed by atoms with Crippen molar-refractivity contribution in [2.45, 2.75) is 74.9 Å². The molecule has 1 aromatic heterocycles. The van der Waals surface area contributed by atoms with Crippen molar-refractivity contribution in [2.24, 2.45) is 0 Å². The molecule has 2 saturated heterocycles. The van der Waals surface area contributed by atoms with E-state index in [4.69, 9.17) is 37.6 Å². The van der Waals surface area contributed by atoms with Crippen LogP contribution in [0.1, 0.15) is 12.5 Å². The molecular formula is C36H40O18. The summed E-state index contributed by atoms with van der Waals surface area (Å²) in [5.41, 5.74) is -0.551. The Bertz CT molecular complexity index is 1970. The first-order chi connectivity index (χ1) is 25.7. The van der Waals surface area contributed by atoms with E-state index in [1.165, 1.54) is 57.5 Å². The number of phenols is 4. The lowest BCUT2D eigenvalue weighted by atomic mass is 9.98. The van der Waals surface area contributed by atoms with Gasteiger partial charge in [-0.05, 0) is 48.9 Å². The molecule has 3 aromatic carbocycles. The Morgan fingerprint density at radius 1 is 0.722 bits per heavy atom. The SMILES string of the molecule is COc1cc(CO[C@H]2[C@H](OC[C@H]3O[C@@H](Oc4c(-c5ccc(O)cc5)oc5cc(O)cc(O)c5c4=O)[C@H](O)[C@@H](O)[C@H]3O)O[C@@H](C)[C@H](O)[C@H]2O)cc(OC)c1O. The molecule has 54 heavy (non-hydrogen) atoms. The number of aliphatic hydroxyl groups excluding tert-OH is 5. The fraction of sp³-hybridized carbons (Fsp3) is 0.417. The third-order valence-corrected chi connectivity index (χ3v) is 9.14. The van der Waals surface area contributed by atoms with Gasteiger partial charge < -0.3 is 83.5 Å². The minimum Gasteiger partial charge on any atom is -0.508 e. The molecule has 9 N–H and O–H groups in total. The molecule has 18 nitrogen and oxygen atoms in total. The molecule has 10 atom stereocenters. The molecule has 0 radical (unpaired) electrons. The first-order valence-electron chi connectivity index (χ1n) is 16.6. The van der Waals surface area contributed by atoms with Crippen molar-refractivity contribution in [1.82, 2.24) is 0 Å². The number of fused-ring (bicyclic) bond motifs is 1. The summed E-state index contributed by atoms with van der Waals surface area (Å²) >= 11 is 0. The fourth-order valence-electron chi connectivity index (χ4n) is 6.17. The van der Waals surface area contributed by atoms with Crippen molar-refractivity contribution in [3.63, 3.8) is 0 Å². The van der Waals surface area contributed by atoms with E-state index in [-0.39, 0.29) is 46.5 Å². The Morgan fingerprint density at radius 3 is 2.04 bits per heavy atom. The molecular weight excluding hydrogens is 720 g/mol. The molecule has 2 fully saturated rings. The highest BCUT2D eigenvalue weighted by molar-refractivity contribution is 5.88. The minimum atomic E-state index is -1.95. The quantitative estimate of drug-likeness (QED) is 0.101. The monoisotopic (exact) mass is 760 g/mol. The van der Waals surface area contributed by atoms with Crippen LogP contribution in [0.5, 0.6) is 40.2 Å². The van der Waals surface area contributed by atoms with Crippen LogP contribution in [0.2, 0.25) is 0 Å². The van der Waals surface area contributed by atoms with Gasteiger partial charge in [-0.15, -0.1) is 0 Å². The zero-order valence-electron chi connectivity index (χ0n) is 29.0. The van der Waals surface area contributed by atoms with Crippen LogP contribution in [-0.2, 0) is 25.6 Å². The maximum Gasteiger partial charge on any atom is 0.239 e. The Hall–Kier alpha value is -4.89. The first-order valence-corrected chi connectivity index (χ1v) is 16.6. The highest BCUT2D eigenvalue weighted by Crippen LogP contribution is 2.39. The summed E-state index contributed by atoms with van der Waals surface area (Å²) in [5.74, 6) is -2.10. The van der Waals surface area contributed by atoms with Gasteiger partial charge in [0.25, 0.3) is 0 Å². The summed E-state index contributed by atoms with van der Waals surface area (Å²) in [6.45, 7) is 0.685. The van der Waals surface area contributed by atoms with E-state index in [0.717, 1.165) is 12.1 Å². The summed E-state index contributed by atoms with van der Waals surface area (Å²) in [6.07, 6.45) is -15.6. The number of hydrogen-bond donors (Lipinski definition) is 9. The predicted molar refractivity (Wildman–Crippen MR) is 182 cm³/mol. The Kier molecular flexibility index (Phi) is 11.4. The first kappa shape index (κ1) is 38.8. The number of methoxy groups -OCH3 is 2. The van der Waals surface area contributed by atoms with Gasteiger partial charge >= 0.3 is 0 Å². The lowest BCUT2D eigenvalue weighted by molar-refractivity contribution is -0.325. The van der Waals surface area contributed by atoms with Gasteiger partial charge in [0.15, 0.2) is 23.5 Å². The van der Waals surface area contributed by atoms with Crippen molar-refractivity contribution in [1.29, 1.82) is 0 Å². The maximum absolute atomic E-state index is 13.8. The molecule has 6 rings (SSSR count). The minimum absolute atomic E-state index is 0.0866. The topological polar surface area (TPSA) is 277 Å². The summed E-state index contributed by atoms with van der Waals surface area (Å²) in [6, 6.07) is 10.3. The van der Waals surface area contributed by atoms with Crippen molar-refractivity contribution >= 4 is 11.0 Å². The molecule has 18 heteroatoms. The van der Waals surface area contributed by atoms with E-state index < -0.39 is 96.1 Å². The number of ether oxygens (including phenoxy) is 7. The Morgan fingerprint density at radius 2 is 1.39 bits per heavy atom. The van der Waals surface area contributed by atoms with Crippen LogP contribution in [0.3, 0.4) is 0 Å². The van der Waals surface area contributed by atoms with Gasteiger partial charge in [-0.1, -0.05) is 0 Å². The van der Waals surface area contributed by atoms with Crippen LogP contribution in [0.4, 0.5) is 0 Å². The van der Waals surface area contributed by atoms with Gasteiger partial charge in [-0.2, -0.15) is 0 Å². The Labute approximate surface area is 306 Å². The molecule has 4 aromatic rings. The number of benzene rings is 3. The van der Waals surface area contributed by atoms with Crippen molar-refractivity contribution in [3.8, 4) is 51.6 Å². The normalized spacial score (nSPS) is 28.5.